The molecule has 2 aromatic heterocycles. The van der Waals surface area contributed by atoms with Gasteiger partial charge in [-0.3, -0.25) is 5.10 Å². The van der Waals surface area contributed by atoms with Gasteiger partial charge in [-0.25, -0.2) is 22.2 Å². The number of sulfone groups is 1. The van der Waals surface area contributed by atoms with Crippen LogP contribution in [0.15, 0.2) is 47.5 Å². The number of nitrogen functional groups attached to an aromatic ring is 1. The molecule has 2 aromatic carbocycles. The molecular formula is C18H14F2N6O2S. The second-order valence-electron chi connectivity index (χ2n) is 6.30. The number of fused-ring (bicyclic) bond motifs is 1. The smallest absolute Gasteiger partial charge is 0.229 e. The van der Waals surface area contributed by atoms with E-state index in [1.54, 1.807) is 6.07 Å². The van der Waals surface area contributed by atoms with Crippen LogP contribution < -0.4 is 11.1 Å². The fourth-order valence-corrected chi connectivity index (χ4v) is 3.59. The molecule has 2 heterocycles. The van der Waals surface area contributed by atoms with Gasteiger partial charge in [0.2, 0.25) is 5.95 Å². The number of halogens is 2. The topological polar surface area (TPSA) is 127 Å². The van der Waals surface area contributed by atoms with Gasteiger partial charge in [0.25, 0.3) is 0 Å². The number of aromatic amines is 1. The summed E-state index contributed by atoms with van der Waals surface area (Å²) < 4.78 is 50.6. The molecule has 4 N–H and O–H groups in total. The SMILES string of the molecule is CS(=O)(=O)c1cc(Nc2ncc(-c3n[nH]c4ccc(F)cc34)c(N)n2)ccc1F. The third-order valence-electron chi connectivity index (χ3n) is 4.19. The molecule has 0 aliphatic rings. The van der Waals surface area contributed by atoms with Gasteiger partial charge < -0.3 is 11.1 Å². The van der Waals surface area contributed by atoms with E-state index in [0.29, 0.717) is 22.2 Å². The van der Waals surface area contributed by atoms with E-state index < -0.39 is 26.4 Å². The summed E-state index contributed by atoms with van der Waals surface area (Å²) in [5.74, 6) is -1.13. The van der Waals surface area contributed by atoms with Crippen LogP contribution in [0.5, 0.6) is 0 Å². The van der Waals surface area contributed by atoms with Crippen molar-refractivity contribution in [3.05, 3.63) is 54.2 Å². The van der Waals surface area contributed by atoms with Gasteiger partial charge in [-0.1, -0.05) is 0 Å². The first-order chi connectivity index (χ1) is 13.7. The largest absolute Gasteiger partial charge is 0.383 e. The summed E-state index contributed by atoms with van der Waals surface area (Å²) in [6, 6.07) is 7.71. The Kier molecular flexibility index (Phi) is 4.38. The van der Waals surface area contributed by atoms with Crippen molar-refractivity contribution in [2.75, 3.05) is 17.3 Å². The summed E-state index contributed by atoms with van der Waals surface area (Å²) in [6.45, 7) is 0. The molecule has 0 saturated carbocycles. The molecule has 0 bridgehead atoms. The molecule has 4 aromatic rings. The van der Waals surface area contributed by atoms with E-state index in [4.69, 9.17) is 5.73 Å². The zero-order valence-electron chi connectivity index (χ0n) is 14.9. The van der Waals surface area contributed by atoms with Crippen molar-refractivity contribution in [2.24, 2.45) is 0 Å². The molecule has 0 aliphatic carbocycles. The molecule has 0 spiro atoms. The Labute approximate surface area is 163 Å². The minimum absolute atomic E-state index is 0.0725. The maximum Gasteiger partial charge on any atom is 0.229 e. The van der Waals surface area contributed by atoms with Crippen LogP contribution in [-0.2, 0) is 9.84 Å². The molecule has 8 nitrogen and oxygen atoms in total. The maximum atomic E-state index is 13.7. The summed E-state index contributed by atoms with van der Waals surface area (Å²) in [7, 11) is -3.74. The average molecular weight is 416 g/mol. The molecule has 0 saturated heterocycles. The molecule has 0 atom stereocenters. The standard InChI is InChI=1S/C18H14F2N6O2S/c1-29(27,28)15-7-10(3-4-13(15)20)23-18-22-8-12(17(21)24-18)16-11-6-9(19)2-5-14(11)25-26-16/h2-8H,1H3,(H,25,26)(H3,21,22,23,24). The highest BCUT2D eigenvalue weighted by Gasteiger charge is 2.16. The monoisotopic (exact) mass is 416 g/mol. The van der Waals surface area contributed by atoms with Crippen molar-refractivity contribution in [3.8, 4) is 11.3 Å². The molecule has 0 aliphatic heterocycles. The molecule has 0 fully saturated rings. The molecule has 29 heavy (non-hydrogen) atoms. The number of nitrogens with zero attached hydrogens (tertiary/aromatic N) is 3. The van der Waals surface area contributed by atoms with Crippen molar-refractivity contribution in [1.82, 2.24) is 20.2 Å². The van der Waals surface area contributed by atoms with E-state index in [9.17, 15) is 17.2 Å². The third-order valence-corrected chi connectivity index (χ3v) is 5.30. The number of nitrogens with two attached hydrogens (primary N) is 1. The first kappa shape index (κ1) is 18.7. The number of aromatic nitrogens is 4. The fourth-order valence-electron chi connectivity index (χ4n) is 2.82. The first-order valence-corrected chi connectivity index (χ1v) is 10.1. The van der Waals surface area contributed by atoms with Gasteiger partial charge in [-0.2, -0.15) is 10.1 Å². The quantitative estimate of drug-likeness (QED) is 0.467. The van der Waals surface area contributed by atoms with Gasteiger partial charge in [-0.15, -0.1) is 0 Å². The molecule has 11 heteroatoms. The van der Waals surface area contributed by atoms with E-state index in [1.807, 2.05) is 0 Å². The van der Waals surface area contributed by atoms with Crippen molar-refractivity contribution in [2.45, 2.75) is 4.90 Å². The Morgan fingerprint density at radius 3 is 2.66 bits per heavy atom. The molecule has 4 rings (SSSR count). The highest BCUT2D eigenvalue weighted by atomic mass is 32.2. The Balaban J connectivity index is 1.69. The third kappa shape index (κ3) is 3.59. The first-order valence-electron chi connectivity index (χ1n) is 8.25. The highest BCUT2D eigenvalue weighted by Crippen LogP contribution is 2.30. The summed E-state index contributed by atoms with van der Waals surface area (Å²) in [5.41, 5.74) is 7.71. The lowest BCUT2D eigenvalue weighted by Crippen LogP contribution is -2.05. The Morgan fingerprint density at radius 1 is 1.14 bits per heavy atom. The van der Waals surface area contributed by atoms with E-state index in [0.717, 1.165) is 18.4 Å². The van der Waals surface area contributed by atoms with Crippen LogP contribution in [0.2, 0.25) is 0 Å². The zero-order valence-corrected chi connectivity index (χ0v) is 15.8. The van der Waals surface area contributed by atoms with Gasteiger partial charge in [0, 0.05) is 23.5 Å². The minimum atomic E-state index is -3.74. The summed E-state index contributed by atoms with van der Waals surface area (Å²) in [6.07, 6.45) is 2.32. The fraction of sp³-hybridized carbons (Fsp3) is 0.0556. The number of rotatable bonds is 4. The second-order valence-corrected chi connectivity index (χ2v) is 8.28. The van der Waals surface area contributed by atoms with Gasteiger partial charge in [-0.05, 0) is 36.4 Å². The van der Waals surface area contributed by atoms with Crippen LogP contribution in [0.1, 0.15) is 0 Å². The summed E-state index contributed by atoms with van der Waals surface area (Å²) >= 11 is 0. The van der Waals surface area contributed by atoms with Crippen LogP contribution in [0.3, 0.4) is 0 Å². The van der Waals surface area contributed by atoms with E-state index in [2.05, 4.69) is 25.5 Å². The van der Waals surface area contributed by atoms with Gasteiger partial charge in [0.15, 0.2) is 9.84 Å². The Morgan fingerprint density at radius 2 is 1.93 bits per heavy atom. The van der Waals surface area contributed by atoms with E-state index >= 15 is 0 Å². The van der Waals surface area contributed by atoms with Crippen LogP contribution in [0, 0.1) is 11.6 Å². The molecule has 0 unspecified atom stereocenters. The summed E-state index contributed by atoms with van der Waals surface area (Å²) in [4.78, 5) is 7.83. The summed E-state index contributed by atoms with van der Waals surface area (Å²) in [5, 5.41) is 10.2. The van der Waals surface area contributed by atoms with Gasteiger partial charge >= 0.3 is 0 Å². The number of hydrogen-bond acceptors (Lipinski definition) is 7. The van der Waals surface area contributed by atoms with E-state index in [1.165, 1.54) is 24.4 Å². The zero-order chi connectivity index (χ0) is 20.8. The number of H-pyrrole nitrogens is 1. The van der Waals surface area contributed by atoms with Crippen molar-refractivity contribution < 1.29 is 17.2 Å². The van der Waals surface area contributed by atoms with Crippen LogP contribution in [-0.4, -0.2) is 34.8 Å². The van der Waals surface area contributed by atoms with Crippen molar-refractivity contribution >= 4 is 38.2 Å². The Hall–Kier alpha value is -3.60. The van der Waals surface area contributed by atoms with Crippen LogP contribution in [0.4, 0.5) is 26.2 Å². The predicted molar refractivity (Wildman–Crippen MR) is 104 cm³/mol. The Bertz CT molecular complexity index is 1350. The lowest BCUT2D eigenvalue weighted by molar-refractivity contribution is 0.571. The van der Waals surface area contributed by atoms with Crippen LogP contribution in [0.25, 0.3) is 22.2 Å². The normalized spacial score (nSPS) is 11.7. The number of hydrogen-bond donors (Lipinski definition) is 3. The predicted octanol–water partition coefficient (Wildman–Crippen LogP) is 3.03. The molecule has 0 amide bonds. The van der Waals surface area contributed by atoms with Gasteiger partial charge in [0.1, 0.15) is 28.0 Å². The lowest BCUT2D eigenvalue weighted by Gasteiger charge is -2.09. The van der Waals surface area contributed by atoms with Crippen molar-refractivity contribution in [1.29, 1.82) is 0 Å². The number of anilines is 3. The minimum Gasteiger partial charge on any atom is -0.383 e. The second kappa shape index (κ2) is 6.78. The molecular weight excluding hydrogens is 402 g/mol. The van der Waals surface area contributed by atoms with E-state index in [-0.39, 0.29) is 17.5 Å². The average Bonchev–Trinajstić information content (AvgIpc) is 3.05. The highest BCUT2D eigenvalue weighted by molar-refractivity contribution is 7.90. The molecule has 0 radical (unpaired) electrons. The van der Waals surface area contributed by atoms with Crippen LogP contribution >= 0.6 is 0 Å². The van der Waals surface area contributed by atoms with Gasteiger partial charge in [0.05, 0.1) is 11.1 Å². The molecule has 148 valence electrons. The number of nitrogens with one attached hydrogen (secondary N) is 2. The lowest BCUT2D eigenvalue weighted by atomic mass is 10.1. The number of benzene rings is 2. The maximum absolute atomic E-state index is 13.7. The van der Waals surface area contributed by atoms with Crippen molar-refractivity contribution in [3.63, 3.8) is 0 Å².